The van der Waals surface area contributed by atoms with Crippen molar-refractivity contribution < 1.29 is 9.53 Å². The van der Waals surface area contributed by atoms with Crippen LogP contribution in [0.4, 0.5) is 10.5 Å². The van der Waals surface area contributed by atoms with Crippen LogP contribution in [0.15, 0.2) is 49.6 Å². The van der Waals surface area contributed by atoms with Gasteiger partial charge in [-0.1, -0.05) is 30.4 Å². The van der Waals surface area contributed by atoms with Crippen LogP contribution in [-0.4, -0.2) is 37.4 Å². The zero-order valence-electron chi connectivity index (χ0n) is 13.0. The van der Waals surface area contributed by atoms with Crippen LogP contribution in [0.25, 0.3) is 0 Å². The molecule has 1 aromatic rings. The smallest absolute Gasteiger partial charge is 0.411 e. The number of carbonyl (C=O) groups excluding carboxylic acids is 1. The molecule has 0 radical (unpaired) electrons. The molecule has 0 N–H and O–H groups in total. The third kappa shape index (κ3) is 1.86. The Morgan fingerprint density at radius 1 is 1.41 bits per heavy atom. The molecule has 2 atom stereocenters. The van der Waals surface area contributed by atoms with Gasteiger partial charge in [0.15, 0.2) is 0 Å². The van der Waals surface area contributed by atoms with E-state index in [9.17, 15) is 4.79 Å². The highest BCUT2D eigenvalue weighted by Gasteiger charge is 2.57. The predicted octanol–water partition coefficient (Wildman–Crippen LogP) is 3.30. The predicted molar refractivity (Wildman–Crippen MR) is 88.0 cm³/mol. The van der Waals surface area contributed by atoms with E-state index < -0.39 is 0 Å². The average Bonchev–Trinajstić information content (AvgIpc) is 3.03. The number of hydrogen-bond donors (Lipinski definition) is 0. The second kappa shape index (κ2) is 5.52. The zero-order chi connectivity index (χ0) is 15.7. The second-order valence-corrected chi connectivity index (χ2v) is 5.89. The van der Waals surface area contributed by atoms with Crippen LogP contribution in [0.1, 0.15) is 18.4 Å². The summed E-state index contributed by atoms with van der Waals surface area (Å²) in [5.74, 6) is 0. The molecule has 2 heterocycles. The fourth-order valence-electron chi connectivity index (χ4n) is 4.11. The molecule has 2 aliphatic heterocycles. The lowest BCUT2D eigenvalue weighted by Gasteiger charge is -2.36. The van der Waals surface area contributed by atoms with Gasteiger partial charge in [-0.3, -0.25) is 4.90 Å². The molecule has 1 saturated heterocycles. The largest absolute Gasteiger partial charge is 0.453 e. The Balaban J connectivity index is 2.14. The van der Waals surface area contributed by atoms with Gasteiger partial charge in [0, 0.05) is 24.2 Å². The number of benzene rings is 1. The number of nitrogens with zero attached hydrogens (tertiary/aromatic N) is 2. The Kier molecular flexibility index (Phi) is 3.69. The second-order valence-electron chi connectivity index (χ2n) is 5.89. The lowest BCUT2D eigenvalue weighted by atomic mass is 9.76. The van der Waals surface area contributed by atoms with Crippen LogP contribution >= 0.6 is 0 Å². The molecule has 0 aromatic heterocycles. The van der Waals surface area contributed by atoms with Crippen LogP contribution in [-0.2, 0) is 10.2 Å². The Morgan fingerprint density at radius 3 is 2.86 bits per heavy atom. The molecule has 0 spiro atoms. The number of para-hydroxylation sites is 1. The van der Waals surface area contributed by atoms with Crippen LogP contribution in [0.2, 0.25) is 0 Å². The average molecular weight is 298 g/mol. The summed E-state index contributed by atoms with van der Waals surface area (Å²) in [6.45, 7) is 9.22. The molecular formula is C18H22N2O2. The fourth-order valence-corrected chi connectivity index (χ4v) is 4.11. The third-order valence-corrected chi connectivity index (χ3v) is 4.88. The molecule has 116 valence electrons. The minimum atomic E-state index is -0.266. The minimum Gasteiger partial charge on any atom is -0.453 e. The summed E-state index contributed by atoms with van der Waals surface area (Å²) in [4.78, 5) is 16.3. The van der Waals surface area contributed by atoms with Crippen molar-refractivity contribution >= 4 is 11.8 Å². The first-order valence-electron chi connectivity index (χ1n) is 7.62. The lowest BCUT2D eigenvalue weighted by Crippen LogP contribution is -2.51. The summed E-state index contributed by atoms with van der Waals surface area (Å²) in [5, 5.41) is 0. The maximum atomic E-state index is 12.2. The molecule has 0 aliphatic carbocycles. The molecule has 2 aliphatic rings. The molecular weight excluding hydrogens is 276 g/mol. The van der Waals surface area contributed by atoms with E-state index in [0.29, 0.717) is 13.1 Å². The van der Waals surface area contributed by atoms with Crippen molar-refractivity contribution in [3.05, 3.63) is 55.1 Å². The van der Waals surface area contributed by atoms with Crippen molar-refractivity contribution in [2.45, 2.75) is 24.4 Å². The number of amides is 1. The van der Waals surface area contributed by atoms with Gasteiger partial charge in [-0.2, -0.15) is 0 Å². The molecule has 0 unspecified atom stereocenters. The van der Waals surface area contributed by atoms with E-state index in [2.05, 4.69) is 36.3 Å². The Hall–Kier alpha value is -2.23. The number of rotatable bonds is 4. The van der Waals surface area contributed by atoms with E-state index >= 15 is 0 Å². The summed E-state index contributed by atoms with van der Waals surface area (Å²) in [5.41, 5.74) is 2.38. The van der Waals surface area contributed by atoms with Crippen molar-refractivity contribution in [1.82, 2.24) is 4.90 Å². The maximum Gasteiger partial charge on any atom is 0.411 e. The Morgan fingerprint density at radius 2 is 2.18 bits per heavy atom. The monoisotopic (exact) mass is 298 g/mol. The molecule has 3 rings (SSSR count). The van der Waals surface area contributed by atoms with Crippen molar-refractivity contribution in [3.63, 3.8) is 0 Å². The number of ether oxygens (including phenoxy) is 1. The van der Waals surface area contributed by atoms with E-state index in [1.54, 1.807) is 0 Å². The number of fused-ring (bicyclic) bond motifs is 3. The number of carbonyl (C=O) groups is 1. The normalized spacial score (nSPS) is 25.6. The topological polar surface area (TPSA) is 32.8 Å². The maximum absolute atomic E-state index is 12.2. The van der Waals surface area contributed by atoms with Crippen molar-refractivity contribution in [3.8, 4) is 0 Å². The van der Waals surface area contributed by atoms with E-state index in [0.717, 1.165) is 12.8 Å². The SMILES string of the molecule is C=CCN1c2ccccc2[C@]2(CC=C)CCN(C(=O)OC)[C@H]12. The van der Waals surface area contributed by atoms with Gasteiger partial charge in [-0.15, -0.1) is 13.2 Å². The molecule has 22 heavy (non-hydrogen) atoms. The summed E-state index contributed by atoms with van der Waals surface area (Å²) in [6, 6.07) is 8.41. The molecule has 1 aromatic carbocycles. The summed E-state index contributed by atoms with van der Waals surface area (Å²) in [6.07, 6.45) is 5.31. The first kappa shape index (κ1) is 14.7. The van der Waals surface area contributed by atoms with Crippen LogP contribution in [0.5, 0.6) is 0 Å². The quantitative estimate of drug-likeness (QED) is 0.800. The van der Waals surface area contributed by atoms with Gasteiger partial charge in [-0.25, -0.2) is 4.79 Å². The molecule has 0 saturated carbocycles. The van der Waals surface area contributed by atoms with Crippen molar-refractivity contribution in [1.29, 1.82) is 0 Å². The highest BCUT2D eigenvalue weighted by atomic mass is 16.5. The van der Waals surface area contributed by atoms with Crippen molar-refractivity contribution in [2.24, 2.45) is 0 Å². The summed E-state index contributed by atoms with van der Waals surface area (Å²) >= 11 is 0. The summed E-state index contributed by atoms with van der Waals surface area (Å²) in [7, 11) is 1.44. The van der Waals surface area contributed by atoms with Gasteiger partial charge >= 0.3 is 6.09 Å². The molecule has 1 fully saturated rings. The van der Waals surface area contributed by atoms with Gasteiger partial charge in [0.2, 0.25) is 0 Å². The Labute approximate surface area is 131 Å². The van der Waals surface area contributed by atoms with E-state index in [4.69, 9.17) is 4.74 Å². The third-order valence-electron chi connectivity index (χ3n) is 4.88. The molecule has 1 amide bonds. The lowest BCUT2D eigenvalue weighted by molar-refractivity contribution is 0.112. The van der Waals surface area contributed by atoms with Crippen LogP contribution < -0.4 is 4.90 Å². The van der Waals surface area contributed by atoms with Crippen LogP contribution in [0.3, 0.4) is 0 Å². The fraction of sp³-hybridized carbons (Fsp3) is 0.389. The number of anilines is 1. The van der Waals surface area contributed by atoms with E-state index in [1.807, 2.05) is 23.1 Å². The standard InChI is InChI=1S/C18H22N2O2/c1-4-10-18-11-13-20(17(21)22-3)16(18)19(12-5-2)15-9-7-6-8-14(15)18/h4-9,16H,1-2,10-13H2,3H3/t16-,18-/m0/s1. The Bertz CT molecular complexity index is 613. The van der Waals surface area contributed by atoms with Gasteiger partial charge in [0.25, 0.3) is 0 Å². The van der Waals surface area contributed by atoms with E-state index in [1.165, 1.54) is 18.4 Å². The van der Waals surface area contributed by atoms with Crippen molar-refractivity contribution in [2.75, 3.05) is 25.1 Å². The summed E-state index contributed by atoms with van der Waals surface area (Å²) < 4.78 is 5.00. The minimum absolute atomic E-state index is 0.0339. The molecule has 4 heteroatoms. The first-order valence-corrected chi connectivity index (χ1v) is 7.62. The zero-order valence-corrected chi connectivity index (χ0v) is 13.0. The highest BCUT2D eigenvalue weighted by Crippen LogP contribution is 2.54. The van der Waals surface area contributed by atoms with E-state index in [-0.39, 0.29) is 17.7 Å². The van der Waals surface area contributed by atoms with Gasteiger partial charge < -0.3 is 9.64 Å². The highest BCUT2D eigenvalue weighted by molar-refractivity contribution is 5.74. The van der Waals surface area contributed by atoms with Crippen LogP contribution in [0, 0.1) is 0 Å². The van der Waals surface area contributed by atoms with Gasteiger partial charge in [-0.05, 0) is 24.5 Å². The van der Waals surface area contributed by atoms with Gasteiger partial charge in [0.05, 0.1) is 7.11 Å². The number of methoxy groups -OCH3 is 1. The molecule has 4 nitrogen and oxygen atoms in total. The number of allylic oxidation sites excluding steroid dienone is 1. The first-order chi connectivity index (χ1) is 10.7. The number of likely N-dealkylation sites (tertiary alicyclic amines) is 1. The number of hydrogen-bond acceptors (Lipinski definition) is 3. The molecule has 0 bridgehead atoms. The van der Waals surface area contributed by atoms with Gasteiger partial charge in [0.1, 0.15) is 6.17 Å².